The predicted molar refractivity (Wildman–Crippen MR) is 72.1 cm³/mol. The minimum atomic E-state index is -4.52. The number of alkyl halides is 3. The standard InChI is InChI=1S/C14H17F3N2O2/c1-18-12-3-2-9(8-11(12)14(15,16)17)13(21)19-6-4-10(20)5-7-19/h2-3,8,10,18,20H,4-7H2,1H3. The Bertz CT molecular complexity index is 523. The summed E-state index contributed by atoms with van der Waals surface area (Å²) in [5.41, 5.74) is -0.904. The fraction of sp³-hybridized carbons (Fsp3) is 0.500. The van der Waals surface area contributed by atoms with Gasteiger partial charge in [0.05, 0.1) is 11.7 Å². The summed E-state index contributed by atoms with van der Waals surface area (Å²) in [6.07, 6.45) is -4.06. The van der Waals surface area contributed by atoms with Crippen molar-refractivity contribution in [3.05, 3.63) is 29.3 Å². The molecule has 1 saturated heterocycles. The van der Waals surface area contributed by atoms with E-state index in [0.717, 1.165) is 6.07 Å². The van der Waals surface area contributed by atoms with Crippen LogP contribution in [0.5, 0.6) is 0 Å². The number of aliphatic hydroxyl groups excluding tert-OH is 1. The summed E-state index contributed by atoms with van der Waals surface area (Å²) in [7, 11) is 1.40. The molecule has 0 spiro atoms. The van der Waals surface area contributed by atoms with Gasteiger partial charge in [0.2, 0.25) is 0 Å². The third-order valence-electron chi connectivity index (χ3n) is 3.59. The number of carbonyl (C=O) groups excluding carboxylic acids is 1. The van der Waals surface area contributed by atoms with Gasteiger partial charge < -0.3 is 15.3 Å². The second kappa shape index (κ2) is 5.93. The van der Waals surface area contributed by atoms with Gasteiger partial charge in [-0.3, -0.25) is 4.79 Å². The molecule has 1 aliphatic rings. The summed E-state index contributed by atoms with van der Waals surface area (Å²) in [5, 5.41) is 11.9. The molecule has 0 atom stereocenters. The van der Waals surface area contributed by atoms with Gasteiger partial charge in [-0.2, -0.15) is 13.2 Å². The van der Waals surface area contributed by atoms with Crippen LogP contribution in [-0.4, -0.2) is 42.2 Å². The molecule has 2 rings (SSSR count). The van der Waals surface area contributed by atoms with Gasteiger partial charge >= 0.3 is 6.18 Å². The van der Waals surface area contributed by atoms with E-state index in [9.17, 15) is 23.1 Å². The number of benzene rings is 1. The Morgan fingerprint density at radius 3 is 2.48 bits per heavy atom. The van der Waals surface area contributed by atoms with E-state index in [1.54, 1.807) is 0 Å². The fourth-order valence-corrected chi connectivity index (χ4v) is 2.38. The zero-order valence-corrected chi connectivity index (χ0v) is 11.6. The molecule has 1 aliphatic heterocycles. The summed E-state index contributed by atoms with van der Waals surface area (Å²) in [5.74, 6) is -0.435. The quantitative estimate of drug-likeness (QED) is 0.881. The molecule has 21 heavy (non-hydrogen) atoms. The average molecular weight is 302 g/mol. The molecule has 4 nitrogen and oxygen atoms in total. The lowest BCUT2D eigenvalue weighted by molar-refractivity contribution is -0.136. The number of piperidine rings is 1. The summed E-state index contributed by atoms with van der Waals surface area (Å²) >= 11 is 0. The first-order chi connectivity index (χ1) is 9.82. The number of likely N-dealkylation sites (tertiary alicyclic amines) is 1. The van der Waals surface area contributed by atoms with E-state index in [-0.39, 0.29) is 11.3 Å². The van der Waals surface area contributed by atoms with Crippen molar-refractivity contribution in [1.82, 2.24) is 4.90 Å². The first kappa shape index (κ1) is 15.6. The van der Waals surface area contributed by atoms with Crippen LogP contribution in [0.1, 0.15) is 28.8 Å². The van der Waals surface area contributed by atoms with Crippen LogP contribution < -0.4 is 5.32 Å². The maximum Gasteiger partial charge on any atom is 0.418 e. The summed E-state index contributed by atoms with van der Waals surface area (Å²) in [6.45, 7) is 0.713. The number of hydrogen-bond donors (Lipinski definition) is 2. The van der Waals surface area contributed by atoms with E-state index in [1.807, 2.05) is 0 Å². The van der Waals surface area contributed by atoms with Gasteiger partial charge in [0.15, 0.2) is 0 Å². The van der Waals surface area contributed by atoms with E-state index in [4.69, 9.17) is 0 Å². The first-order valence-electron chi connectivity index (χ1n) is 6.69. The second-order valence-corrected chi connectivity index (χ2v) is 5.03. The van der Waals surface area contributed by atoms with Crippen molar-refractivity contribution < 1.29 is 23.1 Å². The van der Waals surface area contributed by atoms with Crippen LogP contribution in [0.25, 0.3) is 0 Å². The third kappa shape index (κ3) is 3.47. The van der Waals surface area contributed by atoms with E-state index in [1.165, 1.54) is 24.1 Å². The smallest absolute Gasteiger partial charge is 0.393 e. The van der Waals surface area contributed by atoms with Crippen LogP contribution >= 0.6 is 0 Å². The highest BCUT2D eigenvalue weighted by molar-refractivity contribution is 5.95. The molecule has 0 radical (unpaired) electrons. The molecular weight excluding hydrogens is 285 g/mol. The number of hydrogen-bond acceptors (Lipinski definition) is 3. The number of rotatable bonds is 2. The molecule has 0 saturated carbocycles. The van der Waals surface area contributed by atoms with Crippen molar-refractivity contribution in [2.24, 2.45) is 0 Å². The molecule has 1 amide bonds. The molecule has 0 aliphatic carbocycles. The molecule has 116 valence electrons. The summed E-state index contributed by atoms with van der Waals surface area (Å²) in [6, 6.07) is 3.52. The number of carbonyl (C=O) groups is 1. The molecule has 1 aromatic carbocycles. The molecule has 0 bridgehead atoms. The molecule has 1 fully saturated rings. The van der Waals surface area contributed by atoms with Crippen molar-refractivity contribution in [2.45, 2.75) is 25.1 Å². The number of nitrogens with zero attached hydrogens (tertiary/aromatic N) is 1. The lowest BCUT2D eigenvalue weighted by atomic mass is 10.0. The Hall–Kier alpha value is -1.76. The predicted octanol–water partition coefficient (Wildman–Crippen LogP) is 2.34. The van der Waals surface area contributed by atoms with Gasteiger partial charge in [-0.1, -0.05) is 0 Å². The van der Waals surface area contributed by atoms with Gasteiger partial charge in [-0.25, -0.2) is 0 Å². The molecule has 1 aromatic rings. The fourth-order valence-electron chi connectivity index (χ4n) is 2.38. The van der Waals surface area contributed by atoms with Crippen LogP contribution in [0, 0.1) is 0 Å². The zero-order chi connectivity index (χ0) is 15.6. The SMILES string of the molecule is CNc1ccc(C(=O)N2CCC(O)CC2)cc1C(F)(F)F. The van der Waals surface area contributed by atoms with Gasteiger partial charge in [0, 0.05) is 31.4 Å². The number of anilines is 1. The maximum absolute atomic E-state index is 13.0. The molecule has 2 N–H and O–H groups in total. The van der Waals surface area contributed by atoms with E-state index in [2.05, 4.69) is 5.32 Å². The largest absolute Gasteiger partial charge is 0.418 e. The number of nitrogens with one attached hydrogen (secondary N) is 1. The maximum atomic E-state index is 13.0. The Morgan fingerprint density at radius 2 is 1.95 bits per heavy atom. The normalized spacial score (nSPS) is 16.9. The van der Waals surface area contributed by atoms with Gasteiger partial charge in [-0.15, -0.1) is 0 Å². The summed E-state index contributed by atoms with van der Waals surface area (Å²) < 4.78 is 38.9. The van der Waals surface area contributed by atoms with Gasteiger partial charge in [-0.05, 0) is 31.0 Å². The molecule has 1 heterocycles. The Kier molecular flexibility index (Phi) is 4.41. The zero-order valence-electron chi connectivity index (χ0n) is 11.6. The van der Waals surface area contributed by atoms with Crippen LogP contribution in [0.2, 0.25) is 0 Å². The van der Waals surface area contributed by atoms with Crippen LogP contribution in [-0.2, 0) is 6.18 Å². The van der Waals surface area contributed by atoms with Crippen LogP contribution in [0.15, 0.2) is 18.2 Å². The Balaban J connectivity index is 2.26. The van der Waals surface area contributed by atoms with Crippen molar-refractivity contribution in [1.29, 1.82) is 0 Å². The summed E-state index contributed by atoms with van der Waals surface area (Å²) in [4.78, 5) is 13.7. The lowest BCUT2D eigenvalue weighted by Gasteiger charge is -2.30. The Morgan fingerprint density at radius 1 is 1.33 bits per heavy atom. The molecule has 0 unspecified atom stereocenters. The monoisotopic (exact) mass is 302 g/mol. The minimum Gasteiger partial charge on any atom is -0.393 e. The molecular formula is C14H17F3N2O2. The van der Waals surface area contributed by atoms with Gasteiger partial charge in [0.25, 0.3) is 5.91 Å². The lowest BCUT2D eigenvalue weighted by Crippen LogP contribution is -2.40. The van der Waals surface area contributed by atoms with E-state index < -0.39 is 23.8 Å². The molecule has 0 aromatic heterocycles. The first-order valence-corrected chi connectivity index (χ1v) is 6.69. The average Bonchev–Trinajstić information content (AvgIpc) is 2.45. The van der Waals surface area contributed by atoms with Crippen molar-refractivity contribution in [3.63, 3.8) is 0 Å². The van der Waals surface area contributed by atoms with Crippen molar-refractivity contribution in [3.8, 4) is 0 Å². The van der Waals surface area contributed by atoms with Crippen molar-refractivity contribution in [2.75, 3.05) is 25.5 Å². The number of amides is 1. The van der Waals surface area contributed by atoms with Crippen LogP contribution in [0.3, 0.4) is 0 Å². The van der Waals surface area contributed by atoms with Crippen LogP contribution in [0.4, 0.5) is 18.9 Å². The molecule has 7 heteroatoms. The topological polar surface area (TPSA) is 52.6 Å². The van der Waals surface area contributed by atoms with E-state index in [0.29, 0.717) is 25.9 Å². The van der Waals surface area contributed by atoms with Crippen molar-refractivity contribution >= 4 is 11.6 Å². The highest BCUT2D eigenvalue weighted by Gasteiger charge is 2.34. The third-order valence-corrected chi connectivity index (χ3v) is 3.59. The Labute approximate surface area is 120 Å². The number of halogens is 3. The van der Waals surface area contributed by atoms with E-state index >= 15 is 0 Å². The minimum absolute atomic E-state index is 0.0118. The number of aliphatic hydroxyl groups is 1. The second-order valence-electron chi connectivity index (χ2n) is 5.03. The highest BCUT2D eigenvalue weighted by atomic mass is 19.4. The van der Waals surface area contributed by atoms with Gasteiger partial charge in [0.1, 0.15) is 0 Å². The highest BCUT2D eigenvalue weighted by Crippen LogP contribution is 2.35.